The molecule has 3 aromatic heterocycles. The van der Waals surface area contributed by atoms with Gasteiger partial charge < -0.3 is 0 Å². The second kappa shape index (κ2) is 13.9. The number of thiophene rings is 3. The van der Waals surface area contributed by atoms with Gasteiger partial charge in [0, 0.05) is 5.41 Å². The summed E-state index contributed by atoms with van der Waals surface area (Å²) in [6.07, 6.45) is 9.14. The first-order chi connectivity index (χ1) is 18.0. The molecule has 6 heteroatoms. The fourth-order valence-electron chi connectivity index (χ4n) is 5.27. The van der Waals surface area contributed by atoms with Crippen LogP contribution in [0.5, 0.6) is 0 Å². The Hall–Kier alpha value is -0.181. The molecular formula is C31H46O2S3Sn. The van der Waals surface area contributed by atoms with Crippen LogP contribution in [0, 0.1) is 5.41 Å². The van der Waals surface area contributed by atoms with E-state index in [9.17, 15) is 0 Å². The number of hydrogen-bond acceptors (Lipinski definition) is 5. The summed E-state index contributed by atoms with van der Waals surface area (Å²) in [7, 11) is 0. The van der Waals surface area contributed by atoms with Crippen LogP contribution >= 0.6 is 34.0 Å². The van der Waals surface area contributed by atoms with E-state index in [-0.39, 0.29) is 11.7 Å². The van der Waals surface area contributed by atoms with E-state index in [0.717, 1.165) is 19.6 Å². The SMILES string of the molecule is CCC[CH2][Sn]([CH2]CCC)([CH2]CCC)[c]1ccc(-c2ccc(-c3ccc(C4OCC(C)(CC)CO4)s3)s2)s1. The third-order valence-corrected chi connectivity index (χ3v) is 30.1. The Balaban J connectivity index is 1.50. The van der Waals surface area contributed by atoms with Crippen LogP contribution in [0.15, 0.2) is 36.4 Å². The molecule has 0 N–H and O–H groups in total. The van der Waals surface area contributed by atoms with Gasteiger partial charge in [-0.3, -0.25) is 0 Å². The van der Waals surface area contributed by atoms with Crippen LogP contribution in [0.25, 0.3) is 19.5 Å². The Morgan fingerprint density at radius 2 is 1.19 bits per heavy atom. The first-order valence-corrected chi connectivity index (χ1v) is 24.4. The average Bonchev–Trinajstić information content (AvgIpc) is 3.69. The molecule has 0 spiro atoms. The monoisotopic (exact) mass is 666 g/mol. The van der Waals surface area contributed by atoms with E-state index in [1.54, 1.807) is 13.3 Å². The second-order valence-electron chi connectivity index (χ2n) is 11.2. The van der Waals surface area contributed by atoms with Crippen LogP contribution in [0.4, 0.5) is 0 Å². The van der Waals surface area contributed by atoms with Gasteiger partial charge in [-0.25, -0.2) is 0 Å². The van der Waals surface area contributed by atoms with Crippen molar-refractivity contribution >= 4 is 55.3 Å². The van der Waals surface area contributed by atoms with Gasteiger partial charge in [-0.1, -0.05) is 13.8 Å². The first kappa shape index (κ1) is 29.8. The van der Waals surface area contributed by atoms with Crippen LogP contribution in [-0.2, 0) is 9.47 Å². The number of unbranched alkanes of at least 4 members (excludes halogenated alkanes) is 3. The third kappa shape index (κ3) is 7.32. The summed E-state index contributed by atoms with van der Waals surface area (Å²) in [4.78, 5) is 6.76. The summed E-state index contributed by atoms with van der Waals surface area (Å²) in [5, 5.41) is 0. The predicted octanol–water partition coefficient (Wildman–Crippen LogP) is 10.7. The van der Waals surface area contributed by atoms with E-state index in [2.05, 4.69) is 82.4 Å². The maximum absolute atomic E-state index is 6.11. The number of ether oxygens (including phenoxy) is 2. The van der Waals surface area contributed by atoms with Crippen molar-refractivity contribution in [1.29, 1.82) is 0 Å². The van der Waals surface area contributed by atoms with Crippen molar-refractivity contribution in [3.63, 3.8) is 0 Å². The van der Waals surface area contributed by atoms with E-state index in [4.69, 9.17) is 9.47 Å². The molecule has 0 bridgehead atoms. The van der Waals surface area contributed by atoms with Crippen molar-refractivity contribution in [1.82, 2.24) is 0 Å². The van der Waals surface area contributed by atoms with Gasteiger partial charge in [0.15, 0.2) is 0 Å². The molecule has 37 heavy (non-hydrogen) atoms. The van der Waals surface area contributed by atoms with Crippen LogP contribution in [0.1, 0.15) is 90.7 Å². The Morgan fingerprint density at radius 3 is 1.73 bits per heavy atom. The van der Waals surface area contributed by atoms with Crippen molar-refractivity contribution in [3.05, 3.63) is 41.3 Å². The van der Waals surface area contributed by atoms with Gasteiger partial charge in [-0.05, 0) is 6.42 Å². The van der Waals surface area contributed by atoms with Gasteiger partial charge in [0.05, 0.1) is 0 Å². The van der Waals surface area contributed by atoms with Crippen LogP contribution in [0.3, 0.4) is 0 Å². The molecule has 4 heterocycles. The van der Waals surface area contributed by atoms with Gasteiger partial charge in [0.1, 0.15) is 0 Å². The van der Waals surface area contributed by atoms with Crippen molar-refractivity contribution in [2.45, 2.75) is 99.2 Å². The van der Waals surface area contributed by atoms with Gasteiger partial charge in [-0.2, -0.15) is 0 Å². The van der Waals surface area contributed by atoms with Crippen LogP contribution < -0.4 is 2.89 Å². The minimum absolute atomic E-state index is 0.143. The Kier molecular flexibility index (Phi) is 11.2. The standard InChI is InChI=1S/C19H19O2S3.3C4H9.Sn/c1-3-19(2)11-20-18(21-12-19)17-9-8-16(24-17)15-7-6-14(23-15)13-5-4-10-22-13;3*1-3-4-2;/h4-9,18H,3,11-12H2,1-2H3;3*1,3-4H2,2H3;. The van der Waals surface area contributed by atoms with Crippen molar-refractivity contribution in [3.8, 4) is 19.5 Å². The van der Waals surface area contributed by atoms with Gasteiger partial charge in [0.2, 0.25) is 0 Å². The summed E-state index contributed by atoms with van der Waals surface area (Å²) in [6, 6.07) is 14.1. The molecular weight excluding hydrogens is 619 g/mol. The number of hydrogen-bond donors (Lipinski definition) is 0. The summed E-state index contributed by atoms with van der Waals surface area (Å²) in [6.45, 7) is 13.1. The summed E-state index contributed by atoms with van der Waals surface area (Å²) >= 11 is 3.56. The normalized spacial score (nSPS) is 20.5. The summed E-state index contributed by atoms with van der Waals surface area (Å²) in [5.41, 5.74) is 0.143. The van der Waals surface area contributed by atoms with E-state index < -0.39 is 18.4 Å². The van der Waals surface area contributed by atoms with Gasteiger partial charge >= 0.3 is 218 Å². The molecule has 2 nitrogen and oxygen atoms in total. The average molecular weight is 666 g/mol. The second-order valence-corrected chi connectivity index (χ2v) is 28.7. The fraction of sp³-hybridized carbons (Fsp3) is 0.613. The predicted molar refractivity (Wildman–Crippen MR) is 169 cm³/mol. The molecule has 1 aliphatic rings. The molecule has 0 radical (unpaired) electrons. The first-order valence-electron chi connectivity index (χ1n) is 14.5. The zero-order valence-electron chi connectivity index (χ0n) is 23.6. The molecule has 1 saturated heterocycles. The molecule has 204 valence electrons. The van der Waals surface area contributed by atoms with Gasteiger partial charge in [-0.15, -0.1) is 0 Å². The maximum atomic E-state index is 6.11. The molecule has 1 fully saturated rings. The number of rotatable bonds is 14. The molecule has 1 aliphatic heterocycles. The van der Waals surface area contributed by atoms with E-state index >= 15 is 0 Å². The van der Waals surface area contributed by atoms with Gasteiger partial charge in [0.25, 0.3) is 0 Å². The Morgan fingerprint density at radius 1 is 0.703 bits per heavy atom. The molecule has 4 rings (SSSR count). The van der Waals surface area contributed by atoms with Crippen LogP contribution in [0.2, 0.25) is 13.3 Å². The Bertz CT molecular complexity index is 1070. The van der Waals surface area contributed by atoms with E-state index in [1.807, 2.05) is 25.6 Å². The topological polar surface area (TPSA) is 18.5 Å². The summed E-state index contributed by atoms with van der Waals surface area (Å²) < 4.78 is 18.7. The van der Waals surface area contributed by atoms with Crippen LogP contribution in [-0.4, -0.2) is 31.6 Å². The molecule has 0 amide bonds. The van der Waals surface area contributed by atoms with Crippen molar-refractivity contribution in [2.24, 2.45) is 5.41 Å². The molecule has 0 saturated carbocycles. The van der Waals surface area contributed by atoms with Crippen molar-refractivity contribution < 1.29 is 9.47 Å². The third-order valence-electron chi connectivity index (χ3n) is 8.13. The minimum atomic E-state index is -2.36. The molecule has 0 atom stereocenters. The van der Waals surface area contributed by atoms with E-state index in [0.29, 0.717) is 0 Å². The summed E-state index contributed by atoms with van der Waals surface area (Å²) in [5.74, 6) is 0. The molecule has 0 unspecified atom stereocenters. The van der Waals surface area contributed by atoms with Crippen molar-refractivity contribution in [2.75, 3.05) is 13.2 Å². The quantitative estimate of drug-likeness (QED) is 0.160. The molecule has 0 aliphatic carbocycles. The van der Waals surface area contributed by atoms with E-state index in [1.165, 1.54) is 62.9 Å². The fourth-order valence-corrected chi connectivity index (χ4v) is 27.6. The zero-order chi connectivity index (χ0) is 26.3. The zero-order valence-corrected chi connectivity index (χ0v) is 28.9. The Labute approximate surface area is 241 Å². The molecule has 0 aromatic carbocycles. The molecule has 3 aromatic rings.